The topological polar surface area (TPSA) is 50.8 Å². The molecule has 0 saturated carbocycles. The van der Waals surface area contributed by atoms with Crippen LogP contribution in [0, 0.1) is 0 Å². The zero-order valence-electron chi connectivity index (χ0n) is 11.3. The Morgan fingerprint density at radius 3 is 2.74 bits per heavy atom. The van der Waals surface area contributed by atoms with Crippen LogP contribution in [0.2, 0.25) is 0 Å². The molecule has 1 N–H and O–H groups in total. The van der Waals surface area contributed by atoms with Crippen molar-refractivity contribution in [2.75, 3.05) is 12.4 Å². The maximum Gasteiger partial charge on any atom is 0.208 e. The molecule has 0 aliphatic carbocycles. The quantitative estimate of drug-likeness (QED) is 0.621. The fourth-order valence-corrected chi connectivity index (χ4v) is 2.23. The fraction of sp³-hybridized carbons (Fsp3) is 0.429. The molecule has 0 aliphatic heterocycles. The zero-order chi connectivity index (χ0) is 13.5. The predicted molar refractivity (Wildman–Crippen MR) is 77.7 cm³/mol. The molecule has 1 aromatic heterocycles. The number of para-hydroxylation sites is 1. The van der Waals surface area contributed by atoms with Gasteiger partial charge in [-0.05, 0) is 18.6 Å². The summed E-state index contributed by atoms with van der Waals surface area (Å²) < 4.78 is 5.63. The van der Waals surface area contributed by atoms with Crippen LogP contribution in [0.25, 0.3) is 0 Å². The number of H-pyrrole nitrogens is 1. The van der Waals surface area contributed by atoms with Crippen molar-refractivity contribution in [3.05, 3.63) is 36.2 Å². The Balaban J connectivity index is 1.64. The lowest BCUT2D eigenvalue weighted by Gasteiger charge is -2.04. The Bertz CT molecular complexity index is 484. The van der Waals surface area contributed by atoms with E-state index in [1.165, 1.54) is 0 Å². The van der Waals surface area contributed by atoms with E-state index in [9.17, 15) is 0 Å². The van der Waals surface area contributed by atoms with E-state index in [0.717, 1.165) is 35.5 Å². The van der Waals surface area contributed by atoms with E-state index >= 15 is 0 Å². The third kappa shape index (κ3) is 4.59. The molecule has 0 bridgehead atoms. The molecule has 5 heteroatoms. The molecule has 0 saturated heterocycles. The summed E-state index contributed by atoms with van der Waals surface area (Å²) in [5.74, 6) is 3.22. The van der Waals surface area contributed by atoms with Crippen LogP contribution in [0.15, 0.2) is 35.5 Å². The number of nitrogens with zero attached hydrogens (tertiary/aromatic N) is 2. The molecule has 19 heavy (non-hydrogen) atoms. The van der Waals surface area contributed by atoms with Gasteiger partial charge in [0, 0.05) is 11.7 Å². The lowest BCUT2D eigenvalue weighted by atomic mass is 10.2. The number of rotatable bonds is 7. The zero-order valence-corrected chi connectivity index (χ0v) is 12.1. The number of hydrogen-bond acceptors (Lipinski definition) is 4. The van der Waals surface area contributed by atoms with Gasteiger partial charge in [-0.25, -0.2) is 4.98 Å². The second-order valence-electron chi connectivity index (χ2n) is 4.52. The molecule has 0 spiro atoms. The normalized spacial score (nSPS) is 10.9. The van der Waals surface area contributed by atoms with E-state index in [1.807, 2.05) is 30.3 Å². The standard InChI is InChI=1S/C14H19N3OS/c1-11(2)13-15-14(17-16-13)19-10-6-9-18-12-7-4-3-5-8-12/h3-5,7-8,11H,6,9-10H2,1-2H3,(H,15,16,17). The first-order chi connectivity index (χ1) is 9.25. The van der Waals surface area contributed by atoms with Gasteiger partial charge in [0.2, 0.25) is 5.16 Å². The number of ether oxygens (including phenoxy) is 1. The Kier molecular flexibility index (Phi) is 5.27. The van der Waals surface area contributed by atoms with Gasteiger partial charge in [0.15, 0.2) is 0 Å². The molecule has 4 nitrogen and oxygen atoms in total. The van der Waals surface area contributed by atoms with E-state index in [-0.39, 0.29) is 0 Å². The highest BCUT2D eigenvalue weighted by Crippen LogP contribution is 2.17. The average Bonchev–Trinajstić information content (AvgIpc) is 2.89. The minimum Gasteiger partial charge on any atom is -0.494 e. The van der Waals surface area contributed by atoms with Gasteiger partial charge in [-0.1, -0.05) is 43.8 Å². The Morgan fingerprint density at radius 2 is 2.05 bits per heavy atom. The van der Waals surface area contributed by atoms with Crippen molar-refractivity contribution >= 4 is 11.8 Å². The Labute approximate surface area is 118 Å². The number of aromatic nitrogens is 3. The Hall–Kier alpha value is -1.49. The molecule has 0 radical (unpaired) electrons. The number of aromatic amines is 1. The van der Waals surface area contributed by atoms with Crippen molar-refractivity contribution in [2.45, 2.75) is 31.3 Å². The first-order valence-corrected chi connectivity index (χ1v) is 7.47. The van der Waals surface area contributed by atoms with Crippen LogP contribution in [-0.4, -0.2) is 27.5 Å². The highest BCUT2D eigenvalue weighted by Gasteiger charge is 2.06. The van der Waals surface area contributed by atoms with Crippen molar-refractivity contribution in [3.63, 3.8) is 0 Å². The molecule has 1 aromatic carbocycles. The van der Waals surface area contributed by atoms with Crippen molar-refractivity contribution < 1.29 is 4.74 Å². The van der Waals surface area contributed by atoms with E-state index in [0.29, 0.717) is 5.92 Å². The van der Waals surface area contributed by atoms with Gasteiger partial charge in [0.1, 0.15) is 11.6 Å². The molecule has 2 rings (SSSR count). The van der Waals surface area contributed by atoms with E-state index < -0.39 is 0 Å². The smallest absolute Gasteiger partial charge is 0.208 e. The second kappa shape index (κ2) is 7.19. The van der Waals surface area contributed by atoms with Crippen LogP contribution in [0.5, 0.6) is 5.75 Å². The lowest BCUT2D eigenvalue weighted by Crippen LogP contribution is -1.98. The molecule has 1 heterocycles. The molecule has 0 fully saturated rings. The molecule has 0 amide bonds. The highest BCUT2D eigenvalue weighted by molar-refractivity contribution is 7.99. The first kappa shape index (κ1) is 13.9. The molecule has 0 unspecified atom stereocenters. The molecule has 0 atom stereocenters. The average molecular weight is 277 g/mol. The summed E-state index contributed by atoms with van der Waals surface area (Å²) in [4.78, 5) is 4.42. The summed E-state index contributed by atoms with van der Waals surface area (Å²) in [6, 6.07) is 9.88. The fourth-order valence-electron chi connectivity index (χ4n) is 1.51. The minimum absolute atomic E-state index is 0.392. The number of hydrogen-bond donors (Lipinski definition) is 1. The largest absolute Gasteiger partial charge is 0.494 e. The van der Waals surface area contributed by atoms with Crippen molar-refractivity contribution in [3.8, 4) is 5.75 Å². The van der Waals surface area contributed by atoms with Gasteiger partial charge in [0.25, 0.3) is 0 Å². The minimum atomic E-state index is 0.392. The van der Waals surface area contributed by atoms with Gasteiger partial charge >= 0.3 is 0 Å². The van der Waals surface area contributed by atoms with Crippen molar-refractivity contribution in [1.29, 1.82) is 0 Å². The predicted octanol–water partition coefficient (Wildman–Crippen LogP) is 3.49. The summed E-state index contributed by atoms with van der Waals surface area (Å²) in [6.07, 6.45) is 0.977. The van der Waals surface area contributed by atoms with Gasteiger partial charge in [-0.3, -0.25) is 5.10 Å². The first-order valence-electron chi connectivity index (χ1n) is 6.48. The monoisotopic (exact) mass is 277 g/mol. The second-order valence-corrected chi connectivity index (χ2v) is 5.58. The molecular weight excluding hydrogens is 258 g/mol. The number of thioether (sulfide) groups is 1. The molecule has 0 aliphatic rings. The van der Waals surface area contributed by atoms with Gasteiger partial charge < -0.3 is 4.74 Å². The van der Waals surface area contributed by atoms with Crippen molar-refractivity contribution in [2.24, 2.45) is 0 Å². The highest BCUT2D eigenvalue weighted by atomic mass is 32.2. The third-order valence-corrected chi connectivity index (χ3v) is 3.49. The summed E-state index contributed by atoms with van der Waals surface area (Å²) in [5, 5.41) is 7.96. The number of benzene rings is 1. The summed E-state index contributed by atoms with van der Waals surface area (Å²) in [5.41, 5.74) is 0. The van der Waals surface area contributed by atoms with Crippen LogP contribution in [0.4, 0.5) is 0 Å². The third-order valence-electron chi connectivity index (χ3n) is 2.56. The number of nitrogens with one attached hydrogen (secondary N) is 1. The SMILES string of the molecule is CC(C)c1nc(SCCCOc2ccccc2)n[nH]1. The summed E-state index contributed by atoms with van der Waals surface area (Å²) >= 11 is 1.66. The van der Waals surface area contributed by atoms with Crippen molar-refractivity contribution in [1.82, 2.24) is 15.2 Å². The van der Waals surface area contributed by atoms with Gasteiger partial charge in [0.05, 0.1) is 6.61 Å². The lowest BCUT2D eigenvalue weighted by molar-refractivity contribution is 0.318. The van der Waals surface area contributed by atoms with Gasteiger partial charge in [-0.15, -0.1) is 5.10 Å². The van der Waals surface area contributed by atoms with Crippen LogP contribution >= 0.6 is 11.8 Å². The van der Waals surface area contributed by atoms with E-state index in [2.05, 4.69) is 29.0 Å². The maximum absolute atomic E-state index is 5.63. The molecule has 2 aromatic rings. The van der Waals surface area contributed by atoms with Crippen LogP contribution in [0.1, 0.15) is 32.0 Å². The summed E-state index contributed by atoms with van der Waals surface area (Å²) in [6.45, 7) is 4.92. The van der Waals surface area contributed by atoms with E-state index in [4.69, 9.17) is 4.74 Å². The van der Waals surface area contributed by atoms with Crippen LogP contribution in [0.3, 0.4) is 0 Å². The Morgan fingerprint density at radius 1 is 1.26 bits per heavy atom. The van der Waals surface area contributed by atoms with Gasteiger partial charge in [-0.2, -0.15) is 0 Å². The maximum atomic E-state index is 5.63. The van der Waals surface area contributed by atoms with Crippen LogP contribution < -0.4 is 4.74 Å². The van der Waals surface area contributed by atoms with Crippen LogP contribution in [-0.2, 0) is 0 Å². The molecule has 102 valence electrons. The molecular formula is C14H19N3OS. The van der Waals surface area contributed by atoms with E-state index in [1.54, 1.807) is 11.8 Å². The summed E-state index contributed by atoms with van der Waals surface area (Å²) in [7, 11) is 0.